The van der Waals surface area contributed by atoms with Crippen molar-refractivity contribution in [2.45, 2.75) is 44.9 Å². The third kappa shape index (κ3) is 4.67. The normalized spacial score (nSPS) is 17.1. The van der Waals surface area contributed by atoms with E-state index in [1.165, 1.54) is 23.1 Å². The van der Waals surface area contributed by atoms with Crippen LogP contribution in [-0.4, -0.2) is 27.3 Å². The molecule has 3 rings (SSSR count). The molecule has 0 heterocycles. The van der Waals surface area contributed by atoms with Gasteiger partial charge in [0.2, 0.25) is 0 Å². The number of methoxy groups -OCH3 is 2. The molecule has 152 valence electrons. The number of benzene rings is 2. The first-order chi connectivity index (χ1) is 13.7. The van der Waals surface area contributed by atoms with Crippen LogP contribution in [0.4, 0.5) is 4.39 Å². The average Bonchev–Trinajstić information content (AvgIpc) is 2.73. The Balaban J connectivity index is 1.91. The fourth-order valence-electron chi connectivity index (χ4n) is 4.50. The Morgan fingerprint density at radius 3 is 2.57 bits per heavy atom. The van der Waals surface area contributed by atoms with Crippen LogP contribution in [0.25, 0.3) is 0 Å². The number of ether oxygens (including phenoxy) is 2. The first kappa shape index (κ1) is 20.7. The van der Waals surface area contributed by atoms with Gasteiger partial charge in [0, 0.05) is 5.56 Å². The number of fused-ring (bicyclic) bond motifs is 1. The molecule has 0 aliphatic heterocycles. The quantitative estimate of drug-likeness (QED) is 0.608. The van der Waals surface area contributed by atoms with Crippen LogP contribution in [0.1, 0.15) is 48.8 Å². The van der Waals surface area contributed by atoms with Crippen LogP contribution in [0.2, 0.25) is 0 Å². The van der Waals surface area contributed by atoms with Crippen LogP contribution in [0.5, 0.6) is 11.5 Å². The third-order valence-corrected chi connectivity index (χ3v) is 5.84. The highest BCUT2D eigenvalue weighted by Gasteiger charge is 2.30. The van der Waals surface area contributed by atoms with E-state index in [-0.39, 0.29) is 5.82 Å². The van der Waals surface area contributed by atoms with E-state index in [1.807, 2.05) is 18.2 Å². The lowest BCUT2D eigenvalue weighted by Crippen LogP contribution is -2.31. The largest absolute Gasteiger partial charge is 0.493 e. The SMILES string of the molecule is CCCNCC(Cc1ccc(F)cc1)C1CCCc2c1ccc(OC)c2OC. The van der Waals surface area contributed by atoms with E-state index in [2.05, 4.69) is 18.3 Å². The molecule has 28 heavy (non-hydrogen) atoms. The molecule has 0 saturated heterocycles. The second-order valence-corrected chi connectivity index (χ2v) is 7.66. The number of hydrogen-bond donors (Lipinski definition) is 1. The number of nitrogens with one attached hydrogen (secondary N) is 1. The molecule has 2 atom stereocenters. The van der Waals surface area contributed by atoms with Gasteiger partial charge in [0.25, 0.3) is 0 Å². The van der Waals surface area contributed by atoms with Gasteiger partial charge in [-0.1, -0.05) is 25.1 Å². The lowest BCUT2D eigenvalue weighted by Gasteiger charge is -2.34. The lowest BCUT2D eigenvalue weighted by atomic mass is 9.73. The molecular formula is C24H32FNO2. The minimum Gasteiger partial charge on any atom is -0.493 e. The minimum atomic E-state index is -0.177. The predicted molar refractivity (Wildman–Crippen MR) is 112 cm³/mol. The van der Waals surface area contributed by atoms with Crippen molar-refractivity contribution in [3.63, 3.8) is 0 Å². The predicted octanol–water partition coefficient (Wildman–Crippen LogP) is 5.12. The van der Waals surface area contributed by atoms with Crippen molar-refractivity contribution in [3.8, 4) is 11.5 Å². The molecule has 0 saturated carbocycles. The van der Waals surface area contributed by atoms with Gasteiger partial charge in [-0.3, -0.25) is 0 Å². The van der Waals surface area contributed by atoms with E-state index in [9.17, 15) is 4.39 Å². The first-order valence-corrected chi connectivity index (χ1v) is 10.4. The first-order valence-electron chi connectivity index (χ1n) is 10.4. The van der Waals surface area contributed by atoms with Crippen molar-refractivity contribution < 1.29 is 13.9 Å². The molecule has 2 aromatic rings. The van der Waals surface area contributed by atoms with Gasteiger partial charge in [-0.25, -0.2) is 4.39 Å². The Morgan fingerprint density at radius 2 is 1.89 bits per heavy atom. The Labute approximate surface area is 168 Å². The number of hydrogen-bond acceptors (Lipinski definition) is 3. The molecule has 1 N–H and O–H groups in total. The fourth-order valence-corrected chi connectivity index (χ4v) is 4.50. The van der Waals surface area contributed by atoms with Crippen LogP contribution in [0.3, 0.4) is 0 Å². The summed E-state index contributed by atoms with van der Waals surface area (Å²) in [7, 11) is 3.41. The summed E-state index contributed by atoms with van der Waals surface area (Å²) in [4.78, 5) is 0. The molecule has 1 aliphatic carbocycles. The van der Waals surface area contributed by atoms with Gasteiger partial charge in [0.1, 0.15) is 5.82 Å². The molecule has 0 bridgehead atoms. The fraction of sp³-hybridized carbons (Fsp3) is 0.500. The maximum Gasteiger partial charge on any atom is 0.164 e. The molecule has 0 radical (unpaired) electrons. The van der Waals surface area contributed by atoms with E-state index in [4.69, 9.17) is 9.47 Å². The Bertz CT molecular complexity index is 760. The third-order valence-electron chi connectivity index (χ3n) is 5.84. The van der Waals surface area contributed by atoms with Crippen molar-refractivity contribution in [1.29, 1.82) is 0 Å². The molecule has 0 spiro atoms. The Morgan fingerprint density at radius 1 is 1.11 bits per heavy atom. The van der Waals surface area contributed by atoms with Crippen molar-refractivity contribution in [1.82, 2.24) is 5.32 Å². The minimum absolute atomic E-state index is 0.177. The molecule has 2 aromatic carbocycles. The zero-order chi connectivity index (χ0) is 19.9. The highest BCUT2D eigenvalue weighted by molar-refractivity contribution is 5.53. The summed E-state index contributed by atoms with van der Waals surface area (Å²) in [6, 6.07) is 11.2. The van der Waals surface area contributed by atoms with Crippen molar-refractivity contribution in [2.75, 3.05) is 27.3 Å². The summed E-state index contributed by atoms with van der Waals surface area (Å²) in [5.41, 5.74) is 3.87. The van der Waals surface area contributed by atoms with Crippen molar-refractivity contribution >= 4 is 0 Å². The van der Waals surface area contributed by atoms with Gasteiger partial charge >= 0.3 is 0 Å². The van der Waals surface area contributed by atoms with Crippen LogP contribution in [0, 0.1) is 11.7 Å². The van der Waals surface area contributed by atoms with E-state index in [0.29, 0.717) is 11.8 Å². The smallest absolute Gasteiger partial charge is 0.164 e. The monoisotopic (exact) mass is 385 g/mol. The van der Waals surface area contributed by atoms with E-state index in [0.717, 1.165) is 50.3 Å². The van der Waals surface area contributed by atoms with Gasteiger partial charge in [0.05, 0.1) is 14.2 Å². The molecule has 1 aliphatic rings. The highest BCUT2D eigenvalue weighted by Crippen LogP contribution is 2.45. The van der Waals surface area contributed by atoms with E-state index in [1.54, 1.807) is 26.4 Å². The number of rotatable bonds is 9. The van der Waals surface area contributed by atoms with Gasteiger partial charge in [-0.2, -0.15) is 0 Å². The van der Waals surface area contributed by atoms with E-state index >= 15 is 0 Å². The summed E-state index contributed by atoms with van der Waals surface area (Å²) in [6.07, 6.45) is 5.40. The second-order valence-electron chi connectivity index (χ2n) is 7.66. The van der Waals surface area contributed by atoms with E-state index < -0.39 is 0 Å². The molecule has 4 heteroatoms. The highest BCUT2D eigenvalue weighted by atomic mass is 19.1. The standard InChI is InChI=1S/C24H32FNO2/c1-4-14-26-16-18(15-17-8-10-19(25)11-9-17)20-6-5-7-22-21(20)12-13-23(27-2)24(22)28-3/h8-13,18,20,26H,4-7,14-16H2,1-3H3. The Hall–Kier alpha value is -2.07. The molecule has 0 aromatic heterocycles. The van der Waals surface area contributed by atoms with Gasteiger partial charge in [-0.15, -0.1) is 0 Å². The molecular weight excluding hydrogens is 353 g/mol. The lowest BCUT2D eigenvalue weighted by molar-refractivity contribution is 0.333. The van der Waals surface area contributed by atoms with Crippen molar-refractivity contribution in [3.05, 3.63) is 58.9 Å². The topological polar surface area (TPSA) is 30.5 Å². The molecule has 0 amide bonds. The molecule has 0 fully saturated rings. The summed E-state index contributed by atoms with van der Waals surface area (Å²) in [5.74, 6) is 2.42. The van der Waals surface area contributed by atoms with Gasteiger partial charge < -0.3 is 14.8 Å². The van der Waals surface area contributed by atoms with Crippen LogP contribution in [0.15, 0.2) is 36.4 Å². The zero-order valence-corrected chi connectivity index (χ0v) is 17.3. The van der Waals surface area contributed by atoms with Crippen LogP contribution >= 0.6 is 0 Å². The average molecular weight is 386 g/mol. The van der Waals surface area contributed by atoms with Crippen LogP contribution in [-0.2, 0) is 12.8 Å². The summed E-state index contributed by atoms with van der Waals surface area (Å²) < 4.78 is 24.6. The van der Waals surface area contributed by atoms with Gasteiger partial charge in [0.15, 0.2) is 11.5 Å². The zero-order valence-electron chi connectivity index (χ0n) is 17.3. The van der Waals surface area contributed by atoms with Crippen molar-refractivity contribution in [2.24, 2.45) is 5.92 Å². The Kier molecular flexibility index (Phi) is 7.32. The molecule has 3 nitrogen and oxygen atoms in total. The summed E-state index contributed by atoms with van der Waals surface area (Å²) in [6.45, 7) is 4.17. The number of halogens is 1. The van der Waals surface area contributed by atoms with Gasteiger partial charge in [-0.05, 0) is 86.4 Å². The second kappa shape index (κ2) is 9.92. The maximum atomic E-state index is 13.3. The summed E-state index contributed by atoms with van der Waals surface area (Å²) in [5, 5.41) is 3.62. The summed E-state index contributed by atoms with van der Waals surface area (Å²) >= 11 is 0. The van der Waals surface area contributed by atoms with Crippen LogP contribution < -0.4 is 14.8 Å². The molecule has 2 unspecified atom stereocenters. The maximum absolute atomic E-state index is 13.3.